The Hall–Kier alpha value is -2.75. The molecule has 0 aromatic heterocycles. The van der Waals surface area contributed by atoms with Crippen molar-refractivity contribution in [2.75, 3.05) is 34.0 Å². The molecular formula is C28H41NO8. The molecule has 0 saturated carbocycles. The van der Waals surface area contributed by atoms with Crippen LogP contribution in [0.25, 0.3) is 0 Å². The van der Waals surface area contributed by atoms with Crippen molar-refractivity contribution in [1.29, 1.82) is 0 Å². The molecule has 1 aromatic rings. The van der Waals surface area contributed by atoms with E-state index in [0.29, 0.717) is 25.9 Å². The fourth-order valence-electron chi connectivity index (χ4n) is 3.98. The maximum Gasteiger partial charge on any atom is 0.331 e. The predicted molar refractivity (Wildman–Crippen MR) is 137 cm³/mol. The highest BCUT2D eigenvalue weighted by molar-refractivity contribution is 5.85. The zero-order chi connectivity index (χ0) is 27.0. The number of amides is 1. The minimum Gasteiger partial charge on any atom is -0.465 e. The Morgan fingerprint density at radius 3 is 2.43 bits per heavy atom. The summed E-state index contributed by atoms with van der Waals surface area (Å²) in [6.07, 6.45) is 4.40. The van der Waals surface area contributed by atoms with E-state index in [0.717, 1.165) is 5.56 Å². The lowest BCUT2D eigenvalue weighted by Gasteiger charge is -2.24. The average Bonchev–Trinajstić information content (AvgIpc) is 2.89. The average molecular weight is 520 g/mol. The lowest BCUT2D eigenvalue weighted by Crippen LogP contribution is -2.45. The number of rotatable bonds is 6. The second-order valence-electron chi connectivity index (χ2n) is 9.39. The van der Waals surface area contributed by atoms with Crippen molar-refractivity contribution in [2.24, 2.45) is 11.8 Å². The topological polar surface area (TPSA) is 109 Å². The summed E-state index contributed by atoms with van der Waals surface area (Å²) in [6.45, 7) is 4.40. The van der Waals surface area contributed by atoms with Gasteiger partial charge in [0.2, 0.25) is 5.91 Å². The van der Waals surface area contributed by atoms with Gasteiger partial charge in [0.1, 0.15) is 6.61 Å². The second kappa shape index (κ2) is 16.9. The van der Waals surface area contributed by atoms with E-state index in [1.165, 1.54) is 0 Å². The maximum atomic E-state index is 12.9. The van der Waals surface area contributed by atoms with Crippen molar-refractivity contribution < 1.29 is 38.1 Å². The summed E-state index contributed by atoms with van der Waals surface area (Å²) in [5.41, 5.74) is 0.955. The predicted octanol–water partition coefficient (Wildman–Crippen LogP) is 3.21. The number of benzene rings is 1. The highest BCUT2D eigenvalue weighted by atomic mass is 16.6. The zero-order valence-electron chi connectivity index (χ0n) is 22.4. The van der Waals surface area contributed by atoms with Gasteiger partial charge in [0.15, 0.2) is 6.04 Å². The molecule has 0 aliphatic carbocycles. The lowest BCUT2D eigenvalue weighted by atomic mass is 9.98. The molecule has 0 saturated heterocycles. The first-order valence-corrected chi connectivity index (χ1v) is 12.8. The minimum absolute atomic E-state index is 0.0267. The van der Waals surface area contributed by atoms with Gasteiger partial charge in [0.05, 0.1) is 32.0 Å². The standard InChI is InChI=1S/C28H41NO8/c1-20-10-8-15-27(31)36-16-21(2)24(33-3)13-9-14-26(30)29-23(28(32)37-19-25(20)34-4)18-35-17-22-11-6-5-7-12-22/h5-7,9,11-13,20-21,23-25H,8,10,14-19H2,1-4H3,(H,29,30)/b13-9+/t20-,21-,23-,24-,25-/m1/s1. The SMILES string of the molecule is CO[C@@H]1/C=C/CC(=O)N[C@H](COCc2ccccc2)C(=O)OC[C@@H](OC)[C@H](C)CCCC(=O)OC[C@H]1C. The molecule has 5 atom stereocenters. The number of carbonyl (C=O) groups is 3. The quantitative estimate of drug-likeness (QED) is 0.451. The summed E-state index contributed by atoms with van der Waals surface area (Å²) >= 11 is 0. The van der Waals surface area contributed by atoms with E-state index in [4.69, 9.17) is 23.7 Å². The molecule has 1 amide bonds. The number of methoxy groups -OCH3 is 2. The van der Waals surface area contributed by atoms with E-state index in [9.17, 15) is 14.4 Å². The van der Waals surface area contributed by atoms with E-state index >= 15 is 0 Å². The Kier molecular flexibility index (Phi) is 13.9. The third-order valence-electron chi connectivity index (χ3n) is 6.35. The Balaban J connectivity index is 2.11. The van der Waals surface area contributed by atoms with Crippen LogP contribution in [0.15, 0.2) is 42.5 Å². The summed E-state index contributed by atoms with van der Waals surface area (Å²) in [5, 5.41) is 2.72. The molecule has 9 nitrogen and oxygen atoms in total. The molecule has 0 bridgehead atoms. The van der Waals surface area contributed by atoms with Crippen molar-refractivity contribution in [3.8, 4) is 0 Å². The van der Waals surface area contributed by atoms with Crippen LogP contribution in [-0.2, 0) is 44.7 Å². The number of carbonyl (C=O) groups excluding carboxylic acids is 3. The molecule has 0 fully saturated rings. The first kappa shape index (κ1) is 30.5. The highest BCUT2D eigenvalue weighted by Gasteiger charge is 2.26. The van der Waals surface area contributed by atoms with Crippen LogP contribution in [0.2, 0.25) is 0 Å². The van der Waals surface area contributed by atoms with E-state index in [-0.39, 0.29) is 62.2 Å². The van der Waals surface area contributed by atoms with Gasteiger partial charge in [-0.25, -0.2) is 4.79 Å². The molecule has 9 heteroatoms. The van der Waals surface area contributed by atoms with Gasteiger partial charge in [-0.15, -0.1) is 0 Å². The van der Waals surface area contributed by atoms with E-state index in [1.54, 1.807) is 26.4 Å². The second-order valence-corrected chi connectivity index (χ2v) is 9.39. The molecule has 206 valence electrons. The fourth-order valence-corrected chi connectivity index (χ4v) is 3.98. The number of nitrogens with one attached hydrogen (secondary N) is 1. The van der Waals surface area contributed by atoms with Crippen molar-refractivity contribution in [1.82, 2.24) is 5.32 Å². The summed E-state index contributed by atoms with van der Waals surface area (Å²) in [6, 6.07) is 8.59. The molecule has 1 N–H and O–H groups in total. The van der Waals surface area contributed by atoms with Gasteiger partial charge in [0.25, 0.3) is 0 Å². The molecule has 2 rings (SSSR count). The van der Waals surface area contributed by atoms with Crippen molar-refractivity contribution in [3.63, 3.8) is 0 Å². The van der Waals surface area contributed by atoms with Crippen LogP contribution in [-0.4, -0.2) is 70.1 Å². The van der Waals surface area contributed by atoms with Crippen LogP contribution in [0.5, 0.6) is 0 Å². The molecule has 1 aliphatic rings. The molecule has 1 aromatic carbocycles. The minimum atomic E-state index is -0.970. The number of hydrogen-bond acceptors (Lipinski definition) is 8. The summed E-state index contributed by atoms with van der Waals surface area (Å²) in [4.78, 5) is 37.7. The van der Waals surface area contributed by atoms with Crippen molar-refractivity contribution >= 4 is 17.8 Å². The first-order valence-electron chi connectivity index (χ1n) is 12.8. The van der Waals surface area contributed by atoms with Crippen LogP contribution < -0.4 is 5.32 Å². The molecule has 1 heterocycles. The van der Waals surface area contributed by atoms with Gasteiger partial charge in [0, 0.05) is 33.0 Å². The number of hydrogen-bond donors (Lipinski definition) is 1. The lowest BCUT2D eigenvalue weighted by molar-refractivity contribution is -0.154. The Labute approximate surface area is 219 Å². The molecule has 0 unspecified atom stereocenters. The zero-order valence-corrected chi connectivity index (χ0v) is 22.4. The van der Waals surface area contributed by atoms with Gasteiger partial charge in [-0.1, -0.05) is 56.3 Å². The smallest absolute Gasteiger partial charge is 0.331 e. The molecule has 1 aliphatic heterocycles. The van der Waals surface area contributed by atoms with E-state index in [1.807, 2.05) is 44.2 Å². The summed E-state index contributed by atoms with van der Waals surface area (Å²) in [7, 11) is 3.12. The van der Waals surface area contributed by atoms with Gasteiger partial charge in [-0.2, -0.15) is 0 Å². The summed E-state index contributed by atoms with van der Waals surface area (Å²) < 4.78 is 27.7. The molecular weight excluding hydrogens is 478 g/mol. The van der Waals surface area contributed by atoms with Gasteiger partial charge >= 0.3 is 11.9 Å². The third-order valence-corrected chi connectivity index (χ3v) is 6.35. The first-order chi connectivity index (χ1) is 17.8. The van der Waals surface area contributed by atoms with Crippen LogP contribution in [0.4, 0.5) is 0 Å². The number of esters is 2. The number of ether oxygens (including phenoxy) is 5. The van der Waals surface area contributed by atoms with Crippen LogP contribution in [0.3, 0.4) is 0 Å². The van der Waals surface area contributed by atoms with E-state index < -0.39 is 12.0 Å². The van der Waals surface area contributed by atoms with Crippen molar-refractivity contribution in [2.45, 2.75) is 64.4 Å². The van der Waals surface area contributed by atoms with Gasteiger partial charge in [-0.3, -0.25) is 9.59 Å². The van der Waals surface area contributed by atoms with Crippen LogP contribution >= 0.6 is 0 Å². The molecule has 0 spiro atoms. The fraction of sp³-hybridized carbons (Fsp3) is 0.607. The third kappa shape index (κ3) is 11.5. The van der Waals surface area contributed by atoms with Crippen molar-refractivity contribution in [3.05, 3.63) is 48.0 Å². The van der Waals surface area contributed by atoms with Gasteiger partial charge < -0.3 is 29.0 Å². The number of cyclic esters (lactones) is 2. The largest absolute Gasteiger partial charge is 0.465 e. The van der Waals surface area contributed by atoms with Gasteiger partial charge in [-0.05, 0) is 24.3 Å². The Bertz CT molecular complexity index is 859. The monoisotopic (exact) mass is 519 g/mol. The molecule has 0 radical (unpaired) electrons. The maximum absolute atomic E-state index is 12.9. The summed E-state index contributed by atoms with van der Waals surface area (Å²) in [5.74, 6) is -1.28. The van der Waals surface area contributed by atoms with E-state index in [2.05, 4.69) is 5.32 Å². The normalized spacial score (nSPS) is 28.1. The van der Waals surface area contributed by atoms with Crippen LogP contribution in [0.1, 0.15) is 45.1 Å². The molecule has 37 heavy (non-hydrogen) atoms. The Morgan fingerprint density at radius 1 is 0.973 bits per heavy atom. The van der Waals surface area contributed by atoms with Crippen LogP contribution in [0, 0.1) is 11.8 Å². The Morgan fingerprint density at radius 2 is 1.73 bits per heavy atom. The highest BCUT2D eigenvalue weighted by Crippen LogP contribution is 2.17.